The molecule has 5 nitrogen and oxygen atoms in total. The van der Waals surface area contributed by atoms with Gasteiger partial charge < -0.3 is 14.5 Å². The second kappa shape index (κ2) is 8.48. The van der Waals surface area contributed by atoms with E-state index >= 15 is 0 Å². The van der Waals surface area contributed by atoms with Crippen LogP contribution >= 0.6 is 0 Å². The maximum absolute atomic E-state index is 13.0. The predicted octanol–water partition coefficient (Wildman–Crippen LogP) is 4.28. The first-order chi connectivity index (χ1) is 13.7. The van der Waals surface area contributed by atoms with E-state index in [2.05, 4.69) is 5.32 Å². The van der Waals surface area contributed by atoms with Crippen LogP contribution in [0.4, 0.5) is 0 Å². The third-order valence-corrected chi connectivity index (χ3v) is 6.31. The fourth-order valence-electron chi connectivity index (χ4n) is 4.96. The van der Waals surface area contributed by atoms with Crippen molar-refractivity contribution in [3.8, 4) is 0 Å². The topological polar surface area (TPSA) is 68.5 Å². The van der Waals surface area contributed by atoms with Crippen LogP contribution < -0.4 is 5.32 Å². The number of esters is 1. The molecule has 0 radical (unpaired) electrons. The van der Waals surface area contributed by atoms with Gasteiger partial charge in [-0.2, -0.15) is 0 Å². The summed E-state index contributed by atoms with van der Waals surface area (Å²) in [6.07, 6.45) is 8.03. The Morgan fingerprint density at radius 3 is 2.75 bits per heavy atom. The number of fused-ring (bicyclic) bond motifs is 1. The molecule has 150 valence electrons. The van der Waals surface area contributed by atoms with Crippen molar-refractivity contribution in [3.63, 3.8) is 0 Å². The Bertz CT molecular complexity index is 849. The number of rotatable bonds is 6. The van der Waals surface area contributed by atoms with Crippen molar-refractivity contribution in [1.29, 1.82) is 0 Å². The molecule has 1 aromatic heterocycles. The van der Waals surface area contributed by atoms with Crippen LogP contribution in [0.5, 0.6) is 0 Å². The number of nitrogens with one attached hydrogen (secondary N) is 1. The van der Waals surface area contributed by atoms with Crippen molar-refractivity contribution in [2.45, 2.75) is 57.9 Å². The van der Waals surface area contributed by atoms with Gasteiger partial charge in [-0.15, -0.1) is 0 Å². The van der Waals surface area contributed by atoms with Crippen LogP contribution in [0, 0.1) is 11.8 Å². The molecule has 1 saturated heterocycles. The Morgan fingerprint density at radius 1 is 1.14 bits per heavy atom. The monoisotopic (exact) mass is 383 g/mol. The molecule has 5 heteroatoms. The van der Waals surface area contributed by atoms with E-state index in [4.69, 9.17) is 9.15 Å². The van der Waals surface area contributed by atoms with Gasteiger partial charge in [0.25, 0.3) is 0 Å². The number of Topliss-reactive ketones (excluding diaryl/α,β-unsaturated/α-hetero) is 1. The molecule has 1 saturated carbocycles. The third-order valence-electron chi connectivity index (χ3n) is 6.31. The van der Waals surface area contributed by atoms with Gasteiger partial charge in [-0.25, -0.2) is 4.79 Å². The Labute approximate surface area is 165 Å². The van der Waals surface area contributed by atoms with Crippen molar-refractivity contribution in [2.24, 2.45) is 11.8 Å². The fraction of sp³-hybridized carbons (Fsp3) is 0.565. The molecule has 4 rings (SSSR count). The van der Waals surface area contributed by atoms with Gasteiger partial charge in [0.1, 0.15) is 5.58 Å². The lowest BCUT2D eigenvalue weighted by atomic mass is 9.75. The highest BCUT2D eigenvalue weighted by Gasteiger charge is 2.37. The summed E-state index contributed by atoms with van der Waals surface area (Å²) < 4.78 is 10.6. The van der Waals surface area contributed by atoms with E-state index in [1.54, 1.807) is 13.0 Å². The van der Waals surface area contributed by atoms with E-state index < -0.39 is 5.97 Å². The molecule has 1 aliphatic carbocycles. The summed E-state index contributed by atoms with van der Waals surface area (Å²) >= 11 is 0. The van der Waals surface area contributed by atoms with Crippen LogP contribution in [0.1, 0.15) is 61.6 Å². The summed E-state index contributed by atoms with van der Waals surface area (Å²) in [5.41, 5.74) is 1.60. The highest BCUT2D eigenvalue weighted by molar-refractivity contribution is 5.93. The van der Waals surface area contributed by atoms with E-state index in [0.717, 1.165) is 23.9 Å². The van der Waals surface area contributed by atoms with Gasteiger partial charge in [0.15, 0.2) is 5.78 Å². The number of benzene rings is 1. The number of furan rings is 1. The molecule has 2 heterocycles. The van der Waals surface area contributed by atoms with Gasteiger partial charge in [-0.1, -0.05) is 38.2 Å². The maximum atomic E-state index is 13.0. The lowest BCUT2D eigenvalue weighted by Gasteiger charge is -2.30. The number of carbonyl (C=O) groups excluding carboxylic acids is 2. The van der Waals surface area contributed by atoms with Gasteiger partial charge in [-0.3, -0.25) is 4.79 Å². The smallest absolute Gasteiger partial charge is 0.374 e. The summed E-state index contributed by atoms with van der Waals surface area (Å²) in [6.45, 7) is 3.02. The lowest BCUT2D eigenvalue weighted by Crippen LogP contribution is -2.40. The first-order valence-electron chi connectivity index (χ1n) is 10.6. The van der Waals surface area contributed by atoms with Crippen molar-refractivity contribution in [2.75, 3.05) is 13.2 Å². The fourth-order valence-corrected chi connectivity index (χ4v) is 4.96. The summed E-state index contributed by atoms with van der Waals surface area (Å²) in [4.78, 5) is 24.9. The minimum atomic E-state index is -0.457. The van der Waals surface area contributed by atoms with Gasteiger partial charge in [0, 0.05) is 11.8 Å². The Hall–Kier alpha value is -2.14. The Morgan fingerprint density at radius 2 is 1.96 bits per heavy atom. The number of hydrogen-bond donors (Lipinski definition) is 1. The normalized spacial score (nSPS) is 23.2. The average molecular weight is 383 g/mol. The van der Waals surface area contributed by atoms with Gasteiger partial charge >= 0.3 is 5.97 Å². The van der Waals surface area contributed by atoms with Crippen LogP contribution in [-0.4, -0.2) is 30.9 Å². The van der Waals surface area contributed by atoms with Gasteiger partial charge in [-0.05, 0) is 55.5 Å². The summed E-state index contributed by atoms with van der Waals surface area (Å²) in [7, 11) is 0. The van der Waals surface area contributed by atoms with E-state index in [-0.39, 0.29) is 17.6 Å². The molecule has 0 bridgehead atoms. The molecule has 2 atom stereocenters. The molecule has 0 amide bonds. The van der Waals surface area contributed by atoms with Crippen LogP contribution in [0.15, 0.2) is 28.7 Å². The first kappa shape index (κ1) is 19.2. The minimum Gasteiger partial charge on any atom is -0.460 e. The van der Waals surface area contributed by atoms with E-state index in [0.29, 0.717) is 30.4 Å². The predicted molar refractivity (Wildman–Crippen MR) is 107 cm³/mol. The zero-order valence-corrected chi connectivity index (χ0v) is 16.5. The first-order valence-corrected chi connectivity index (χ1v) is 10.6. The van der Waals surface area contributed by atoms with Gasteiger partial charge in [0.05, 0.1) is 12.6 Å². The van der Waals surface area contributed by atoms with Crippen molar-refractivity contribution >= 4 is 22.7 Å². The van der Waals surface area contributed by atoms with E-state index in [9.17, 15) is 9.59 Å². The third kappa shape index (κ3) is 4.00. The molecule has 28 heavy (non-hydrogen) atoms. The zero-order valence-electron chi connectivity index (χ0n) is 16.5. The number of hydrogen-bond acceptors (Lipinski definition) is 5. The number of ether oxygens (including phenoxy) is 1. The van der Waals surface area contributed by atoms with Gasteiger partial charge in [0.2, 0.25) is 5.76 Å². The zero-order chi connectivity index (χ0) is 19.5. The highest BCUT2D eigenvalue weighted by Crippen LogP contribution is 2.36. The van der Waals surface area contributed by atoms with Crippen LogP contribution in [-0.2, 0) is 16.0 Å². The summed E-state index contributed by atoms with van der Waals surface area (Å²) in [6, 6.07) is 7.38. The molecule has 2 fully saturated rings. The van der Waals surface area contributed by atoms with Crippen molar-refractivity contribution < 1.29 is 18.7 Å². The largest absolute Gasteiger partial charge is 0.460 e. The van der Waals surface area contributed by atoms with Crippen LogP contribution in [0.25, 0.3) is 11.0 Å². The molecule has 2 aromatic rings. The van der Waals surface area contributed by atoms with Crippen molar-refractivity contribution in [1.82, 2.24) is 5.32 Å². The highest BCUT2D eigenvalue weighted by atomic mass is 16.5. The molecule has 0 unspecified atom stereocenters. The number of carbonyl (C=O) groups is 2. The second-order valence-electron chi connectivity index (χ2n) is 8.13. The Kier molecular flexibility index (Phi) is 5.81. The summed E-state index contributed by atoms with van der Waals surface area (Å²) in [5, 5.41) is 4.30. The molecule has 2 aliphatic rings. The minimum absolute atomic E-state index is 0.0155. The molecule has 1 aromatic carbocycles. The molecule has 1 N–H and O–H groups in total. The molecule has 0 spiro atoms. The van der Waals surface area contributed by atoms with Crippen molar-refractivity contribution in [3.05, 3.63) is 35.6 Å². The Balaban J connectivity index is 1.46. The van der Waals surface area contributed by atoms with E-state index in [1.165, 1.54) is 32.1 Å². The molecular weight excluding hydrogens is 354 g/mol. The SMILES string of the molecule is CCOC(=O)c1cc2cc(CC(=O)[C@H]3NCC[C@H]3C3CCCCC3)ccc2o1. The van der Waals surface area contributed by atoms with E-state index in [1.807, 2.05) is 18.2 Å². The van der Waals surface area contributed by atoms with Crippen LogP contribution in [0.3, 0.4) is 0 Å². The second-order valence-corrected chi connectivity index (χ2v) is 8.13. The standard InChI is InChI=1S/C23H29NO4/c1-2-27-23(26)21-14-17-12-15(8-9-20(17)28-21)13-19(25)22-18(10-11-24-22)16-6-4-3-5-7-16/h8-9,12,14,16,18,22,24H,2-7,10-11,13H2,1H3/t18-,22-/m0/s1. The maximum Gasteiger partial charge on any atom is 0.374 e. The molecule has 1 aliphatic heterocycles. The molecular formula is C23H29NO4. The number of ketones is 1. The van der Waals surface area contributed by atoms with Crippen LogP contribution in [0.2, 0.25) is 0 Å². The average Bonchev–Trinajstić information content (AvgIpc) is 3.36. The lowest BCUT2D eigenvalue weighted by molar-refractivity contribution is -0.121. The summed E-state index contributed by atoms with van der Waals surface area (Å²) in [5.74, 6) is 1.21. The quantitative estimate of drug-likeness (QED) is 0.754.